The maximum atomic E-state index is 14.8. The Bertz CT molecular complexity index is 1300. The van der Waals surface area contributed by atoms with E-state index >= 15 is 0 Å². The van der Waals surface area contributed by atoms with Crippen LogP contribution in [0, 0.1) is 34.0 Å². The Morgan fingerprint density at radius 2 is 1.61 bits per heavy atom. The molecule has 5 N–H and O–H groups in total. The molecule has 0 spiro atoms. The van der Waals surface area contributed by atoms with E-state index in [1.54, 1.807) is 4.90 Å². The fraction of sp³-hybridized carbons (Fsp3) is 0.789. The van der Waals surface area contributed by atoms with Gasteiger partial charge in [-0.3, -0.25) is 19.2 Å². The van der Waals surface area contributed by atoms with Crippen LogP contribution in [0.4, 0.5) is 9.59 Å². The third-order valence-electron chi connectivity index (χ3n) is 11.2. The molecule has 13 nitrogen and oxygen atoms in total. The maximum Gasteiger partial charge on any atom is 0.407 e. The van der Waals surface area contributed by atoms with Crippen molar-refractivity contribution in [3.8, 4) is 0 Å². The number of nitrogens with zero attached hydrogens (tertiary/aromatic N) is 1. The minimum absolute atomic E-state index is 0.0627. The summed E-state index contributed by atoms with van der Waals surface area (Å²) in [6, 6.07) is -3.95. The molecule has 13 heteroatoms. The van der Waals surface area contributed by atoms with Crippen LogP contribution in [-0.2, 0) is 23.9 Å². The van der Waals surface area contributed by atoms with Crippen LogP contribution in [-0.4, -0.2) is 90.9 Å². The summed E-state index contributed by atoms with van der Waals surface area (Å²) >= 11 is 0. The van der Waals surface area contributed by atoms with Crippen molar-refractivity contribution in [1.29, 1.82) is 0 Å². The van der Waals surface area contributed by atoms with Gasteiger partial charge in [-0.1, -0.05) is 94.1 Å². The van der Waals surface area contributed by atoms with Gasteiger partial charge >= 0.3 is 12.1 Å². The molecule has 288 valence electrons. The second-order valence-electron chi connectivity index (χ2n) is 17.2. The van der Waals surface area contributed by atoms with Gasteiger partial charge in [-0.25, -0.2) is 9.59 Å². The zero-order valence-corrected chi connectivity index (χ0v) is 32.4. The van der Waals surface area contributed by atoms with E-state index in [-0.39, 0.29) is 48.6 Å². The van der Waals surface area contributed by atoms with Gasteiger partial charge < -0.3 is 36.2 Å². The van der Waals surface area contributed by atoms with Gasteiger partial charge in [0, 0.05) is 19.6 Å². The third-order valence-corrected chi connectivity index (χ3v) is 11.2. The minimum Gasteiger partial charge on any atom is -0.447 e. The number of piperidine rings is 1. The number of alkyl carbamates (subject to hydrolysis) is 1. The molecular weight excluding hydrogens is 652 g/mol. The fourth-order valence-corrected chi connectivity index (χ4v) is 7.72. The first-order chi connectivity index (χ1) is 23.8. The Hall–Kier alpha value is -3.64. The number of ketones is 1. The molecule has 0 aromatic carbocycles. The topological polar surface area (TPSA) is 175 Å². The lowest BCUT2D eigenvalue weighted by Crippen LogP contribution is -2.63. The SMILES string of the molecule is C=CCNC(=O)C(=O)C(CCC)NC(=O)[C@@H]1[C@@H]2[C@H](CN1C(=O)[C@@H](NC(=O)N[C@H](COC(=O)NCC(C)C)C(C)(C)C)C1(C)CCCCC1)C2(C)C. The number of hydrogen-bond donors (Lipinski definition) is 5. The van der Waals surface area contributed by atoms with Gasteiger partial charge in [0.2, 0.25) is 17.6 Å². The minimum atomic E-state index is -1.04. The highest BCUT2D eigenvalue weighted by molar-refractivity contribution is 6.38. The predicted octanol–water partition coefficient (Wildman–Crippen LogP) is 4.06. The van der Waals surface area contributed by atoms with Crippen molar-refractivity contribution in [3.05, 3.63) is 12.7 Å². The van der Waals surface area contributed by atoms with Crippen LogP contribution in [0.15, 0.2) is 12.7 Å². The molecule has 0 aromatic rings. The first-order valence-corrected chi connectivity index (χ1v) is 18.8. The van der Waals surface area contributed by atoms with Crippen LogP contribution in [0.25, 0.3) is 0 Å². The van der Waals surface area contributed by atoms with E-state index in [1.807, 2.05) is 48.5 Å². The van der Waals surface area contributed by atoms with Crippen LogP contribution < -0.4 is 26.6 Å². The van der Waals surface area contributed by atoms with Crippen LogP contribution in [0.1, 0.15) is 107 Å². The van der Waals surface area contributed by atoms with Crippen LogP contribution in [0.3, 0.4) is 0 Å². The van der Waals surface area contributed by atoms with Crippen molar-refractivity contribution in [2.24, 2.45) is 34.0 Å². The number of rotatable bonds is 16. The Morgan fingerprint density at radius 3 is 2.18 bits per heavy atom. The molecule has 3 rings (SSSR count). The average Bonchev–Trinajstić information content (AvgIpc) is 3.36. The maximum absolute atomic E-state index is 14.8. The highest BCUT2D eigenvalue weighted by atomic mass is 16.5. The second-order valence-corrected chi connectivity index (χ2v) is 17.2. The smallest absolute Gasteiger partial charge is 0.407 e. The van der Waals surface area contributed by atoms with Gasteiger partial charge in [0.25, 0.3) is 5.91 Å². The average molecular weight is 717 g/mol. The molecule has 0 bridgehead atoms. The summed E-state index contributed by atoms with van der Waals surface area (Å²) in [6.07, 6.45) is 6.02. The lowest BCUT2D eigenvalue weighted by Gasteiger charge is -2.43. The van der Waals surface area contributed by atoms with E-state index in [0.717, 1.165) is 32.1 Å². The van der Waals surface area contributed by atoms with Gasteiger partial charge in [0.05, 0.1) is 12.1 Å². The molecule has 6 atom stereocenters. The van der Waals surface area contributed by atoms with Crippen molar-refractivity contribution in [3.63, 3.8) is 0 Å². The molecule has 6 amide bonds. The zero-order chi connectivity index (χ0) is 38.3. The zero-order valence-electron chi connectivity index (χ0n) is 32.4. The predicted molar refractivity (Wildman–Crippen MR) is 195 cm³/mol. The van der Waals surface area contributed by atoms with Gasteiger partial charge in [-0.15, -0.1) is 6.58 Å². The number of carbonyl (C=O) groups is 6. The number of amides is 6. The number of carbonyl (C=O) groups excluding carboxylic acids is 6. The molecule has 2 saturated carbocycles. The molecular formula is C38H64N6O7. The van der Waals surface area contributed by atoms with Crippen molar-refractivity contribution in [2.75, 3.05) is 26.2 Å². The van der Waals surface area contributed by atoms with Crippen LogP contribution in [0.2, 0.25) is 0 Å². The number of urea groups is 1. The molecule has 51 heavy (non-hydrogen) atoms. The standard InChI is InChI=1S/C38H64N6O7/c1-11-16-25(29(45)32(47)39-19-12-2)41-31(46)28-27-24(37(27,8)9)21-44(28)33(48)30(38(10)17-14-13-15-18-38)43-34(49)42-26(36(5,6)7)22-51-35(50)40-20-23(3)4/h12,23-28,30H,2,11,13-22H2,1,3-10H3,(H,39,47)(H,40,50)(H,41,46)(H2,42,43,49)/t24-,25?,26+,27-,28-,30+/m0/s1. The molecule has 0 aromatic heterocycles. The van der Waals surface area contributed by atoms with Crippen molar-refractivity contribution in [1.82, 2.24) is 31.5 Å². The van der Waals surface area contributed by atoms with Crippen LogP contribution in [0.5, 0.6) is 0 Å². The summed E-state index contributed by atoms with van der Waals surface area (Å²) < 4.78 is 5.46. The number of nitrogens with one attached hydrogen (secondary N) is 5. The summed E-state index contributed by atoms with van der Waals surface area (Å²) in [5.74, 6) is -2.15. The van der Waals surface area contributed by atoms with E-state index in [2.05, 4.69) is 47.0 Å². The molecule has 3 aliphatic rings. The van der Waals surface area contributed by atoms with Gasteiger partial charge in [-0.2, -0.15) is 0 Å². The summed E-state index contributed by atoms with van der Waals surface area (Å²) in [4.78, 5) is 82.2. The summed E-state index contributed by atoms with van der Waals surface area (Å²) in [7, 11) is 0. The number of fused-ring (bicyclic) bond motifs is 1. The quantitative estimate of drug-likeness (QED) is 0.118. The lowest BCUT2D eigenvalue weighted by molar-refractivity contribution is -0.146. The third kappa shape index (κ3) is 10.5. The summed E-state index contributed by atoms with van der Waals surface area (Å²) in [5.41, 5.74) is -1.24. The van der Waals surface area contributed by atoms with Gasteiger partial charge in [-0.05, 0) is 53.3 Å². The molecule has 3 fully saturated rings. The van der Waals surface area contributed by atoms with Gasteiger partial charge in [0.1, 0.15) is 18.7 Å². The highest BCUT2D eigenvalue weighted by Gasteiger charge is 2.70. The molecule has 1 saturated heterocycles. The Balaban J connectivity index is 1.85. The monoisotopic (exact) mass is 716 g/mol. The first-order valence-electron chi connectivity index (χ1n) is 18.8. The van der Waals surface area contributed by atoms with E-state index in [9.17, 15) is 28.8 Å². The second kappa shape index (κ2) is 17.3. The van der Waals surface area contributed by atoms with Crippen molar-refractivity contribution < 1.29 is 33.5 Å². The molecule has 0 radical (unpaired) electrons. The lowest BCUT2D eigenvalue weighted by atomic mass is 9.70. The largest absolute Gasteiger partial charge is 0.447 e. The molecule has 1 heterocycles. The number of Topliss-reactive ketones (excluding diaryl/α,β-unsaturated/α-hetero) is 1. The first kappa shape index (κ1) is 41.8. The summed E-state index contributed by atoms with van der Waals surface area (Å²) in [6.45, 7) is 22.2. The number of hydrogen-bond acceptors (Lipinski definition) is 7. The fourth-order valence-electron chi connectivity index (χ4n) is 7.72. The van der Waals surface area contributed by atoms with E-state index in [4.69, 9.17) is 4.74 Å². The Morgan fingerprint density at radius 1 is 0.961 bits per heavy atom. The number of likely N-dealkylation sites (tertiary alicyclic amines) is 1. The normalized spacial score (nSPS) is 23.5. The summed E-state index contributed by atoms with van der Waals surface area (Å²) in [5, 5.41) is 14.0. The van der Waals surface area contributed by atoms with Crippen LogP contribution >= 0.6 is 0 Å². The molecule has 2 aliphatic carbocycles. The Kier molecular flexibility index (Phi) is 14.1. The Labute approximate surface area is 304 Å². The molecule has 1 unspecified atom stereocenters. The van der Waals surface area contributed by atoms with Gasteiger partial charge in [0.15, 0.2) is 0 Å². The molecule has 1 aliphatic heterocycles. The van der Waals surface area contributed by atoms with Crippen molar-refractivity contribution >= 4 is 35.6 Å². The van der Waals surface area contributed by atoms with E-state index in [0.29, 0.717) is 19.5 Å². The van der Waals surface area contributed by atoms with E-state index < -0.39 is 64.7 Å². The van der Waals surface area contributed by atoms with E-state index in [1.165, 1.54) is 6.08 Å². The highest BCUT2D eigenvalue weighted by Crippen LogP contribution is 2.65. The number of ether oxygens (including phenoxy) is 1. The van der Waals surface area contributed by atoms with Crippen molar-refractivity contribution in [2.45, 2.75) is 131 Å².